The minimum absolute atomic E-state index is 0.0740. The number of unbranched alkanes of at least 4 members (excludes halogenated alkanes) is 30. The van der Waals surface area contributed by atoms with Crippen LogP contribution in [0.25, 0.3) is 0 Å². The van der Waals surface area contributed by atoms with Gasteiger partial charge in [0.1, 0.15) is 13.2 Å². The van der Waals surface area contributed by atoms with Crippen LogP contribution >= 0.6 is 0 Å². The van der Waals surface area contributed by atoms with Crippen molar-refractivity contribution in [2.24, 2.45) is 0 Å². The number of hydrogen-bond donors (Lipinski definition) is 0. The highest BCUT2D eigenvalue weighted by Crippen LogP contribution is 2.15. The molecule has 6 heteroatoms. The van der Waals surface area contributed by atoms with E-state index in [4.69, 9.17) is 14.2 Å². The predicted octanol–water partition coefficient (Wildman–Crippen LogP) is 16.0. The van der Waals surface area contributed by atoms with Gasteiger partial charge in [-0.3, -0.25) is 14.4 Å². The fourth-order valence-corrected chi connectivity index (χ4v) is 7.20. The molecule has 0 spiro atoms. The molecule has 0 aliphatic rings. The molecule has 0 N–H and O–H groups in total. The summed E-state index contributed by atoms with van der Waals surface area (Å²) in [6, 6.07) is 0. The number of esters is 3. The van der Waals surface area contributed by atoms with E-state index in [0.29, 0.717) is 19.3 Å². The molecule has 0 saturated carbocycles. The average Bonchev–Trinajstić information content (AvgIpc) is 3.21. The highest BCUT2D eigenvalue weighted by molar-refractivity contribution is 5.71. The molecule has 6 nitrogen and oxygen atoms in total. The minimum atomic E-state index is -0.772. The SMILES string of the molecule is CCC=CCCCCCCCC(=O)OCC(COC(=O)CCCCCCCCCCCCCCCCC)OC(=O)CCCCCCCC=CCCCCCCCC. The third kappa shape index (κ3) is 44.8. The second kappa shape index (κ2) is 46.6. The summed E-state index contributed by atoms with van der Waals surface area (Å²) in [6.45, 7) is 6.53. The Balaban J connectivity index is 4.31. The van der Waals surface area contributed by atoms with Crippen LogP contribution in [0.1, 0.15) is 265 Å². The molecular formula is C51H94O6. The number of carbonyl (C=O) groups excluding carboxylic acids is 3. The zero-order valence-electron chi connectivity index (χ0n) is 38.1. The van der Waals surface area contributed by atoms with Gasteiger partial charge in [-0.25, -0.2) is 0 Å². The van der Waals surface area contributed by atoms with Crippen LogP contribution in [-0.2, 0) is 28.6 Å². The minimum Gasteiger partial charge on any atom is -0.462 e. The molecule has 0 radical (unpaired) electrons. The Morgan fingerprint density at radius 1 is 0.351 bits per heavy atom. The van der Waals surface area contributed by atoms with Gasteiger partial charge in [0, 0.05) is 19.3 Å². The van der Waals surface area contributed by atoms with Crippen LogP contribution in [0.2, 0.25) is 0 Å². The molecule has 334 valence electrons. The van der Waals surface area contributed by atoms with Crippen molar-refractivity contribution in [3.8, 4) is 0 Å². The Kier molecular flexibility index (Phi) is 44.9. The van der Waals surface area contributed by atoms with E-state index in [1.807, 2.05) is 0 Å². The Labute approximate surface area is 353 Å². The van der Waals surface area contributed by atoms with Gasteiger partial charge in [0.15, 0.2) is 6.10 Å². The molecule has 1 unspecified atom stereocenters. The normalized spacial score (nSPS) is 12.1. The molecule has 0 amide bonds. The summed E-state index contributed by atoms with van der Waals surface area (Å²) in [5.74, 6) is -0.885. The highest BCUT2D eigenvalue weighted by atomic mass is 16.6. The quantitative estimate of drug-likeness (QED) is 0.0264. The highest BCUT2D eigenvalue weighted by Gasteiger charge is 2.19. The summed E-state index contributed by atoms with van der Waals surface area (Å²) in [6.07, 6.45) is 51.7. The summed E-state index contributed by atoms with van der Waals surface area (Å²) in [5.41, 5.74) is 0. The van der Waals surface area contributed by atoms with Crippen molar-refractivity contribution in [2.75, 3.05) is 13.2 Å². The Hall–Kier alpha value is -2.11. The topological polar surface area (TPSA) is 78.9 Å². The molecule has 0 fully saturated rings. The summed E-state index contributed by atoms with van der Waals surface area (Å²) in [7, 11) is 0. The third-order valence-corrected chi connectivity index (χ3v) is 10.9. The molecule has 1 atom stereocenters. The Morgan fingerprint density at radius 2 is 0.632 bits per heavy atom. The van der Waals surface area contributed by atoms with E-state index >= 15 is 0 Å². The van der Waals surface area contributed by atoms with E-state index in [1.165, 1.54) is 148 Å². The molecular weight excluding hydrogens is 709 g/mol. The maximum atomic E-state index is 12.7. The molecule has 0 aromatic rings. The zero-order valence-corrected chi connectivity index (χ0v) is 38.1. The van der Waals surface area contributed by atoms with E-state index in [0.717, 1.165) is 77.0 Å². The van der Waals surface area contributed by atoms with E-state index < -0.39 is 6.10 Å². The van der Waals surface area contributed by atoms with Crippen LogP contribution < -0.4 is 0 Å². The monoisotopic (exact) mass is 803 g/mol. The summed E-state index contributed by atoms with van der Waals surface area (Å²) in [4.78, 5) is 37.8. The van der Waals surface area contributed by atoms with Crippen LogP contribution in [0.4, 0.5) is 0 Å². The van der Waals surface area contributed by atoms with Crippen molar-refractivity contribution < 1.29 is 28.6 Å². The first kappa shape index (κ1) is 54.9. The lowest BCUT2D eigenvalue weighted by Gasteiger charge is -2.18. The van der Waals surface area contributed by atoms with Crippen molar-refractivity contribution in [3.63, 3.8) is 0 Å². The van der Waals surface area contributed by atoms with Gasteiger partial charge in [-0.1, -0.05) is 206 Å². The molecule has 0 heterocycles. The van der Waals surface area contributed by atoms with Gasteiger partial charge >= 0.3 is 17.9 Å². The van der Waals surface area contributed by atoms with Crippen LogP contribution in [0.5, 0.6) is 0 Å². The fourth-order valence-electron chi connectivity index (χ4n) is 7.20. The van der Waals surface area contributed by atoms with E-state index in [-0.39, 0.29) is 31.1 Å². The van der Waals surface area contributed by atoms with E-state index in [9.17, 15) is 14.4 Å². The summed E-state index contributed by atoms with van der Waals surface area (Å²) < 4.78 is 16.7. The second-order valence-electron chi connectivity index (χ2n) is 16.7. The number of allylic oxidation sites excluding steroid dienone is 4. The lowest BCUT2D eigenvalue weighted by molar-refractivity contribution is -0.167. The smallest absolute Gasteiger partial charge is 0.306 e. The molecule has 0 aliphatic heterocycles. The summed E-state index contributed by atoms with van der Waals surface area (Å²) >= 11 is 0. The lowest BCUT2D eigenvalue weighted by atomic mass is 10.0. The third-order valence-electron chi connectivity index (χ3n) is 10.9. The molecule has 0 saturated heterocycles. The van der Waals surface area contributed by atoms with Crippen LogP contribution in [0.3, 0.4) is 0 Å². The molecule has 57 heavy (non-hydrogen) atoms. The van der Waals surface area contributed by atoms with Crippen molar-refractivity contribution in [1.29, 1.82) is 0 Å². The van der Waals surface area contributed by atoms with Crippen molar-refractivity contribution in [2.45, 2.75) is 271 Å². The van der Waals surface area contributed by atoms with Gasteiger partial charge in [0.25, 0.3) is 0 Å². The van der Waals surface area contributed by atoms with Gasteiger partial charge in [0.2, 0.25) is 0 Å². The van der Waals surface area contributed by atoms with Gasteiger partial charge in [-0.2, -0.15) is 0 Å². The van der Waals surface area contributed by atoms with Crippen molar-refractivity contribution in [1.82, 2.24) is 0 Å². The molecule has 0 aromatic heterocycles. The Morgan fingerprint density at radius 3 is 0.965 bits per heavy atom. The Bertz CT molecular complexity index is 927. The van der Waals surface area contributed by atoms with Crippen molar-refractivity contribution >= 4 is 17.9 Å². The van der Waals surface area contributed by atoms with Crippen molar-refractivity contribution in [3.05, 3.63) is 24.3 Å². The maximum absolute atomic E-state index is 12.7. The van der Waals surface area contributed by atoms with Gasteiger partial charge in [-0.05, 0) is 64.2 Å². The van der Waals surface area contributed by atoms with Gasteiger partial charge < -0.3 is 14.2 Å². The average molecular weight is 803 g/mol. The number of carbonyl (C=O) groups is 3. The van der Waals surface area contributed by atoms with Crippen LogP contribution in [-0.4, -0.2) is 37.2 Å². The molecule has 0 aliphatic carbocycles. The first-order valence-electron chi connectivity index (χ1n) is 24.8. The van der Waals surface area contributed by atoms with E-state index in [1.54, 1.807) is 0 Å². The molecule has 0 bridgehead atoms. The fraction of sp³-hybridized carbons (Fsp3) is 0.863. The second-order valence-corrected chi connectivity index (χ2v) is 16.7. The maximum Gasteiger partial charge on any atom is 0.306 e. The predicted molar refractivity (Wildman–Crippen MR) is 243 cm³/mol. The van der Waals surface area contributed by atoms with E-state index in [2.05, 4.69) is 45.1 Å². The van der Waals surface area contributed by atoms with Gasteiger partial charge in [0.05, 0.1) is 0 Å². The first-order chi connectivity index (χ1) is 28.0. The molecule has 0 aromatic carbocycles. The lowest BCUT2D eigenvalue weighted by Crippen LogP contribution is -2.30. The number of rotatable bonds is 45. The van der Waals surface area contributed by atoms with Gasteiger partial charge in [-0.15, -0.1) is 0 Å². The summed E-state index contributed by atoms with van der Waals surface area (Å²) in [5, 5.41) is 0. The van der Waals surface area contributed by atoms with Crippen LogP contribution in [0.15, 0.2) is 24.3 Å². The molecule has 0 rings (SSSR count). The standard InChI is InChI=1S/C51H94O6/c1-4-7-10-13-16-19-21-23-25-27-29-32-35-38-41-44-50(53)56-47-48(46-55-49(52)43-40-37-34-31-18-15-12-9-6-3)57-51(54)45-42-39-36-33-30-28-26-24-22-20-17-14-11-8-5-2/h9,12,24,26,48H,4-8,10-11,13-23,25,27-47H2,1-3H3. The first-order valence-corrected chi connectivity index (χ1v) is 24.8. The number of hydrogen-bond acceptors (Lipinski definition) is 6. The van der Waals surface area contributed by atoms with Crippen LogP contribution in [0, 0.1) is 0 Å². The number of ether oxygens (including phenoxy) is 3. The zero-order chi connectivity index (χ0) is 41.5. The largest absolute Gasteiger partial charge is 0.462 e.